The van der Waals surface area contributed by atoms with Crippen molar-refractivity contribution in [2.24, 2.45) is 5.92 Å². The zero-order valence-electron chi connectivity index (χ0n) is 15.6. The highest BCUT2D eigenvalue weighted by Gasteiger charge is 2.51. The minimum absolute atomic E-state index is 0.0580. The van der Waals surface area contributed by atoms with Crippen LogP contribution in [0.3, 0.4) is 0 Å². The third kappa shape index (κ3) is 3.77. The fourth-order valence-corrected chi connectivity index (χ4v) is 4.95. The largest absolute Gasteiger partial charge is 0.421 e. The molecule has 10 heteroatoms. The van der Waals surface area contributed by atoms with Gasteiger partial charge in [0.25, 0.3) is 0 Å². The molecule has 1 heterocycles. The van der Waals surface area contributed by atoms with E-state index in [9.17, 15) is 31.5 Å². The van der Waals surface area contributed by atoms with Crippen LogP contribution < -0.4 is 0 Å². The van der Waals surface area contributed by atoms with E-state index in [1.807, 2.05) is 0 Å². The first-order chi connectivity index (χ1) is 12.9. The first-order valence-corrected chi connectivity index (χ1v) is 10.5. The molecule has 28 heavy (non-hydrogen) atoms. The molecule has 1 aliphatic carbocycles. The van der Waals surface area contributed by atoms with Crippen LogP contribution in [0.2, 0.25) is 0 Å². The lowest BCUT2D eigenvalue weighted by atomic mass is 9.96. The molecule has 1 saturated heterocycles. The van der Waals surface area contributed by atoms with Crippen molar-refractivity contribution in [2.75, 3.05) is 19.6 Å². The van der Waals surface area contributed by atoms with Crippen molar-refractivity contribution < 1.29 is 31.5 Å². The summed E-state index contributed by atoms with van der Waals surface area (Å²) >= 11 is 0. The van der Waals surface area contributed by atoms with Gasteiger partial charge in [-0.15, -0.1) is 0 Å². The molecule has 1 aliphatic heterocycles. The quantitative estimate of drug-likeness (QED) is 0.809. The minimum Gasteiger partial charge on any atom is -0.376 e. The zero-order chi connectivity index (χ0) is 20.9. The summed E-state index contributed by atoms with van der Waals surface area (Å²) in [5.74, 6) is 0.118. The Morgan fingerprint density at radius 2 is 1.71 bits per heavy atom. The van der Waals surface area contributed by atoms with Gasteiger partial charge in [0.1, 0.15) is 0 Å². The lowest BCUT2D eigenvalue weighted by Crippen LogP contribution is -2.55. The number of hydrogen-bond acceptors (Lipinski definition) is 4. The van der Waals surface area contributed by atoms with Gasteiger partial charge in [0.15, 0.2) is 5.60 Å². The summed E-state index contributed by atoms with van der Waals surface area (Å²) in [6, 6.07) is 3.63. The lowest BCUT2D eigenvalue weighted by molar-refractivity contribution is -0.258. The van der Waals surface area contributed by atoms with E-state index in [2.05, 4.69) is 0 Å². The molecule has 0 spiro atoms. The van der Waals surface area contributed by atoms with Crippen LogP contribution >= 0.6 is 0 Å². The van der Waals surface area contributed by atoms with E-state index in [0.717, 1.165) is 37.1 Å². The fraction of sp³-hybridized carbons (Fsp3) is 0.611. The first-order valence-electron chi connectivity index (χ1n) is 9.06. The molecule has 0 bridgehead atoms. The SMILES string of the molecule is C[C@H]1CN(C(=O)C2CC2)CCN1S(=O)(=O)c1ccc(C(C)(O)C(F)(F)F)cc1. The summed E-state index contributed by atoms with van der Waals surface area (Å²) in [5.41, 5.74) is -3.51. The van der Waals surface area contributed by atoms with Crippen LogP contribution in [0, 0.1) is 5.92 Å². The number of piperazine rings is 1. The maximum atomic E-state index is 13.0. The van der Waals surface area contributed by atoms with Crippen molar-refractivity contribution in [3.8, 4) is 0 Å². The number of benzene rings is 1. The summed E-state index contributed by atoms with van der Waals surface area (Å²) in [6.07, 6.45) is -3.13. The van der Waals surface area contributed by atoms with Crippen LogP contribution in [-0.2, 0) is 20.4 Å². The Hall–Kier alpha value is -1.65. The number of carbonyl (C=O) groups is 1. The van der Waals surface area contributed by atoms with Gasteiger partial charge in [-0.3, -0.25) is 4.79 Å². The van der Waals surface area contributed by atoms with E-state index < -0.39 is 33.4 Å². The van der Waals surface area contributed by atoms with Crippen LogP contribution in [0.4, 0.5) is 13.2 Å². The predicted molar refractivity (Wildman–Crippen MR) is 94.7 cm³/mol. The summed E-state index contributed by atoms with van der Waals surface area (Å²) in [4.78, 5) is 13.7. The summed E-state index contributed by atoms with van der Waals surface area (Å²) in [7, 11) is -3.93. The number of amides is 1. The molecule has 2 atom stereocenters. The maximum absolute atomic E-state index is 13.0. The van der Waals surface area contributed by atoms with E-state index in [1.165, 1.54) is 4.31 Å². The molecule has 2 fully saturated rings. The fourth-order valence-electron chi connectivity index (χ4n) is 3.34. The van der Waals surface area contributed by atoms with Crippen LogP contribution in [0.25, 0.3) is 0 Å². The van der Waals surface area contributed by atoms with E-state index in [1.54, 1.807) is 11.8 Å². The molecule has 156 valence electrons. The topological polar surface area (TPSA) is 77.9 Å². The van der Waals surface area contributed by atoms with Crippen molar-refractivity contribution in [1.29, 1.82) is 0 Å². The molecular formula is C18H23F3N2O4S. The van der Waals surface area contributed by atoms with E-state index in [4.69, 9.17) is 0 Å². The number of carbonyl (C=O) groups excluding carboxylic acids is 1. The van der Waals surface area contributed by atoms with Crippen molar-refractivity contribution in [3.63, 3.8) is 0 Å². The van der Waals surface area contributed by atoms with Gasteiger partial charge in [-0.25, -0.2) is 8.42 Å². The van der Waals surface area contributed by atoms with Crippen molar-refractivity contribution in [3.05, 3.63) is 29.8 Å². The van der Waals surface area contributed by atoms with Gasteiger partial charge in [-0.05, 0) is 44.4 Å². The van der Waals surface area contributed by atoms with Crippen LogP contribution in [0.5, 0.6) is 0 Å². The van der Waals surface area contributed by atoms with Gasteiger partial charge in [0.05, 0.1) is 4.90 Å². The lowest BCUT2D eigenvalue weighted by Gasteiger charge is -2.39. The smallest absolute Gasteiger partial charge is 0.376 e. The Bertz CT molecular complexity index is 849. The number of rotatable bonds is 4. The monoisotopic (exact) mass is 420 g/mol. The molecule has 0 aromatic heterocycles. The van der Waals surface area contributed by atoms with Gasteiger partial charge >= 0.3 is 6.18 Å². The Morgan fingerprint density at radius 1 is 1.14 bits per heavy atom. The van der Waals surface area contributed by atoms with Crippen LogP contribution in [-0.4, -0.2) is 60.5 Å². The van der Waals surface area contributed by atoms with Crippen molar-refractivity contribution in [2.45, 2.75) is 49.4 Å². The Kier molecular flexibility index (Phi) is 5.26. The number of sulfonamides is 1. The Balaban J connectivity index is 1.77. The van der Waals surface area contributed by atoms with Crippen molar-refractivity contribution >= 4 is 15.9 Å². The van der Waals surface area contributed by atoms with Crippen LogP contribution in [0.15, 0.2) is 29.2 Å². The molecule has 1 amide bonds. The second-order valence-electron chi connectivity index (χ2n) is 7.62. The average molecular weight is 420 g/mol. The standard InChI is InChI=1S/C18H23F3N2O4S/c1-12-11-22(16(24)13-3-4-13)9-10-23(12)28(26,27)15-7-5-14(6-8-15)17(2,25)18(19,20)21/h5-8,12-13,25H,3-4,9-11H2,1-2H3/t12-,17?/m0/s1. The number of aliphatic hydroxyl groups is 1. The zero-order valence-corrected chi connectivity index (χ0v) is 16.4. The minimum atomic E-state index is -4.88. The molecule has 0 radical (unpaired) electrons. The average Bonchev–Trinajstić information content (AvgIpc) is 3.45. The van der Waals surface area contributed by atoms with Crippen LogP contribution in [0.1, 0.15) is 32.3 Å². The highest BCUT2D eigenvalue weighted by molar-refractivity contribution is 7.89. The van der Waals surface area contributed by atoms with Crippen molar-refractivity contribution in [1.82, 2.24) is 9.21 Å². The van der Waals surface area contributed by atoms with Gasteiger partial charge in [0.2, 0.25) is 15.9 Å². The van der Waals surface area contributed by atoms with E-state index >= 15 is 0 Å². The van der Waals surface area contributed by atoms with Gasteiger partial charge in [-0.1, -0.05) is 12.1 Å². The normalized spacial score (nSPS) is 24.1. The summed E-state index contributed by atoms with van der Waals surface area (Å²) < 4.78 is 65.9. The summed E-state index contributed by atoms with van der Waals surface area (Å²) in [6.45, 7) is 3.03. The summed E-state index contributed by atoms with van der Waals surface area (Å²) in [5, 5.41) is 9.72. The molecule has 1 aromatic rings. The third-order valence-electron chi connectivity index (χ3n) is 5.38. The molecule has 1 aromatic carbocycles. The number of hydrogen-bond donors (Lipinski definition) is 1. The molecule has 2 aliphatic rings. The third-order valence-corrected chi connectivity index (χ3v) is 7.41. The molecule has 6 nitrogen and oxygen atoms in total. The van der Waals surface area contributed by atoms with Gasteiger partial charge in [-0.2, -0.15) is 17.5 Å². The van der Waals surface area contributed by atoms with E-state index in [0.29, 0.717) is 13.5 Å². The molecule has 3 rings (SSSR count). The number of alkyl halides is 3. The second kappa shape index (κ2) is 7.00. The highest BCUT2D eigenvalue weighted by atomic mass is 32.2. The molecule has 1 N–H and O–H groups in total. The Morgan fingerprint density at radius 3 is 2.18 bits per heavy atom. The van der Waals surface area contributed by atoms with Gasteiger partial charge < -0.3 is 10.0 Å². The molecular weight excluding hydrogens is 397 g/mol. The molecule has 1 unspecified atom stereocenters. The maximum Gasteiger partial charge on any atom is 0.421 e. The second-order valence-corrected chi connectivity index (χ2v) is 9.51. The Labute approximate surface area is 162 Å². The number of nitrogens with zero attached hydrogens (tertiary/aromatic N) is 2. The van der Waals surface area contributed by atoms with E-state index in [-0.39, 0.29) is 29.8 Å². The highest BCUT2D eigenvalue weighted by Crippen LogP contribution is 2.39. The van der Waals surface area contributed by atoms with Gasteiger partial charge in [0, 0.05) is 31.6 Å². The number of halogens is 3. The predicted octanol–water partition coefficient (Wildman–Crippen LogP) is 2.09. The first kappa shape index (κ1) is 21.1. The molecule has 1 saturated carbocycles.